The van der Waals surface area contributed by atoms with Crippen LogP contribution in [0.5, 0.6) is 0 Å². The molecule has 0 spiro atoms. The first kappa shape index (κ1) is 20.9. The molecule has 6 heteroatoms. The molecule has 2 aromatic rings. The Morgan fingerprint density at radius 2 is 1.81 bits per heavy atom. The van der Waals surface area contributed by atoms with Crippen molar-refractivity contribution in [1.82, 2.24) is 0 Å². The maximum atomic E-state index is 10.9. The van der Waals surface area contributed by atoms with Gasteiger partial charge in [0.25, 0.3) is 0 Å². The predicted octanol–water partition coefficient (Wildman–Crippen LogP) is 2.15. The van der Waals surface area contributed by atoms with Crippen LogP contribution in [0.2, 0.25) is 0 Å². The molecular weight excluding hydrogens is 342 g/mol. The molecule has 0 bridgehead atoms. The second kappa shape index (κ2) is 10.0. The van der Waals surface area contributed by atoms with Crippen molar-refractivity contribution >= 4 is 22.6 Å². The number of carbonyl (C=O) groups excluding carboxylic acids is 2. The van der Waals surface area contributed by atoms with Crippen molar-refractivity contribution in [3.8, 4) is 0 Å². The highest BCUT2D eigenvalue weighted by molar-refractivity contribution is 5.86. The number of hydrogen-bond donors (Lipinski definition) is 3. The topological polar surface area (TPSA) is 121 Å². The summed E-state index contributed by atoms with van der Waals surface area (Å²) < 4.78 is 5.86. The first-order chi connectivity index (χ1) is 12.9. The molecular formula is C21H29N3O3. The molecule has 27 heavy (non-hydrogen) atoms. The molecule has 0 saturated carbocycles. The molecule has 0 saturated heterocycles. The van der Waals surface area contributed by atoms with Gasteiger partial charge in [-0.2, -0.15) is 0 Å². The van der Waals surface area contributed by atoms with Crippen LogP contribution in [-0.4, -0.2) is 24.0 Å². The van der Waals surface area contributed by atoms with Crippen molar-refractivity contribution in [2.24, 2.45) is 17.2 Å². The molecule has 6 N–H and O–H groups in total. The fraction of sp³-hybridized carbons (Fsp3) is 0.429. The van der Waals surface area contributed by atoms with Gasteiger partial charge in [0.2, 0.25) is 11.8 Å². The van der Waals surface area contributed by atoms with E-state index in [2.05, 4.69) is 24.3 Å². The lowest BCUT2D eigenvalue weighted by Crippen LogP contribution is -2.35. The number of fused-ring (bicyclic) bond motifs is 1. The molecule has 2 amide bonds. The molecule has 2 aromatic carbocycles. The van der Waals surface area contributed by atoms with E-state index >= 15 is 0 Å². The summed E-state index contributed by atoms with van der Waals surface area (Å²) in [5.74, 6) is -0.614. The zero-order chi connectivity index (χ0) is 19.8. The zero-order valence-corrected chi connectivity index (χ0v) is 15.8. The van der Waals surface area contributed by atoms with E-state index in [1.807, 2.05) is 19.1 Å². The van der Waals surface area contributed by atoms with Crippen LogP contribution >= 0.6 is 0 Å². The Labute approximate surface area is 160 Å². The number of primary amides is 2. The number of benzene rings is 2. The molecule has 0 aliphatic rings. The standard InChI is InChI=1S/C21H29N3O3/c1-14(19(22)10-11-21(24)26)27-13-15-8-9-18-16(5-3-7-20(23)25)4-2-6-17(18)12-15/h2,4,6,8-9,12,14,19H,3,5,7,10-11,13,22H2,1H3,(H2,23,25)(H2,24,26)/t14-,19+/m1/s1. The average molecular weight is 371 g/mol. The Hall–Kier alpha value is -2.44. The van der Waals surface area contributed by atoms with Crippen molar-refractivity contribution in [3.05, 3.63) is 47.5 Å². The minimum absolute atomic E-state index is 0.166. The third-order valence-corrected chi connectivity index (χ3v) is 4.74. The van der Waals surface area contributed by atoms with Gasteiger partial charge in [0.1, 0.15) is 0 Å². The number of amides is 2. The predicted molar refractivity (Wildman–Crippen MR) is 107 cm³/mol. The molecule has 0 heterocycles. The van der Waals surface area contributed by atoms with Crippen LogP contribution in [0.1, 0.15) is 43.7 Å². The van der Waals surface area contributed by atoms with E-state index in [4.69, 9.17) is 21.9 Å². The van der Waals surface area contributed by atoms with Gasteiger partial charge in [-0.3, -0.25) is 9.59 Å². The van der Waals surface area contributed by atoms with E-state index in [0.717, 1.165) is 23.8 Å². The molecule has 6 nitrogen and oxygen atoms in total. The van der Waals surface area contributed by atoms with Crippen molar-refractivity contribution in [3.63, 3.8) is 0 Å². The van der Waals surface area contributed by atoms with E-state index in [-0.39, 0.29) is 30.4 Å². The minimum atomic E-state index is -0.348. The smallest absolute Gasteiger partial charge is 0.217 e. The molecule has 0 aliphatic carbocycles. The fourth-order valence-electron chi connectivity index (χ4n) is 3.06. The second-order valence-corrected chi connectivity index (χ2v) is 6.98. The number of ether oxygens (including phenoxy) is 1. The third-order valence-electron chi connectivity index (χ3n) is 4.74. The van der Waals surface area contributed by atoms with Gasteiger partial charge in [0.05, 0.1) is 12.7 Å². The number of carbonyl (C=O) groups is 2. The third kappa shape index (κ3) is 6.66. The molecule has 2 rings (SSSR count). The lowest BCUT2D eigenvalue weighted by molar-refractivity contribution is -0.119. The van der Waals surface area contributed by atoms with Crippen molar-refractivity contribution in [2.45, 2.75) is 57.8 Å². The molecule has 0 unspecified atom stereocenters. The van der Waals surface area contributed by atoms with Gasteiger partial charge in [-0.1, -0.05) is 30.3 Å². The lowest BCUT2D eigenvalue weighted by Gasteiger charge is -2.20. The molecule has 0 aliphatic heterocycles. The summed E-state index contributed by atoms with van der Waals surface area (Å²) in [5.41, 5.74) is 18.7. The molecule has 0 radical (unpaired) electrons. The summed E-state index contributed by atoms with van der Waals surface area (Å²) in [6.45, 7) is 2.36. The first-order valence-electron chi connectivity index (χ1n) is 9.31. The normalized spacial score (nSPS) is 13.4. The molecule has 0 fully saturated rings. The quantitative estimate of drug-likeness (QED) is 0.560. The Bertz CT molecular complexity index is 791. The van der Waals surface area contributed by atoms with Crippen LogP contribution in [0.4, 0.5) is 0 Å². The summed E-state index contributed by atoms with van der Waals surface area (Å²) in [7, 11) is 0. The van der Waals surface area contributed by atoms with Gasteiger partial charge >= 0.3 is 0 Å². The Balaban J connectivity index is 1.97. The van der Waals surface area contributed by atoms with E-state index in [9.17, 15) is 9.59 Å². The SMILES string of the molecule is C[C@@H](OCc1ccc2c(CCCC(N)=O)cccc2c1)[C@@H](N)CCC(N)=O. The number of hydrogen-bond acceptors (Lipinski definition) is 4. The van der Waals surface area contributed by atoms with Crippen LogP contribution in [0, 0.1) is 0 Å². The van der Waals surface area contributed by atoms with Gasteiger partial charge in [-0.05, 0) is 54.2 Å². The second-order valence-electron chi connectivity index (χ2n) is 6.98. The Morgan fingerprint density at radius 1 is 1.07 bits per heavy atom. The van der Waals surface area contributed by atoms with Gasteiger partial charge in [0, 0.05) is 18.9 Å². The van der Waals surface area contributed by atoms with E-state index in [1.165, 1.54) is 10.9 Å². The summed E-state index contributed by atoms with van der Waals surface area (Å²) in [5, 5.41) is 2.32. The van der Waals surface area contributed by atoms with E-state index in [0.29, 0.717) is 19.4 Å². The number of nitrogens with two attached hydrogens (primary N) is 3. The highest BCUT2D eigenvalue weighted by Crippen LogP contribution is 2.22. The Kier molecular flexibility index (Phi) is 7.76. The number of aryl methyl sites for hydroxylation is 1. The average Bonchev–Trinajstić information content (AvgIpc) is 2.63. The summed E-state index contributed by atoms with van der Waals surface area (Å²) in [6, 6.07) is 12.2. The van der Waals surface area contributed by atoms with E-state index < -0.39 is 0 Å². The lowest BCUT2D eigenvalue weighted by atomic mass is 9.98. The van der Waals surface area contributed by atoms with Gasteiger partial charge < -0.3 is 21.9 Å². The summed E-state index contributed by atoms with van der Waals surface area (Å²) in [4.78, 5) is 21.8. The minimum Gasteiger partial charge on any atom is -0.372 e. The van der Waals surface area contributed by atoms with Gasteiger partial charge in [-0.15, -0.1) is 0 Å². The van der Waals surface area contributed by atoms with Crippen molar-refractivity contribution in [1.29, 1.82) is 0 Å². The molecule has 2 atom stereocenters. The van der Waals surface area contributed by atoms with Crippen LogP contribution in [-0.2, 0) is 27.4 Å². The first-order valence-corrected chi connectivity index (χ1v) is 9.31. The molecule has 146 valence electrons. The maximum absolute atomic E-state index is 10.9. The van der Waals surface area contributed by atoms with Crippen LogP contribution < -0.4 is 17.2 Å². The summed E-state index contributed by atoms with van der Waals surface area (Å²) >= 11 is 0. The highest BCUT2D eigenvalue weighted by atomic mass is 16.5. The van der Waals surface area contributed by atoms with Gasteiger partial charge in [0.15, 0.2) is 0 Å². The van der Waals surface area contributed by atoms with Crippen molar-refractivity contribution in [2.75, 3.05) is 0 Å². The summed E-state index contributed by atoms with van der Waals surface area (Å²) in [6.07, 6.45) is 2.59. The van der Waals surface area contributed by atoms with Crippen LogP contribution in [0.15, 0.2) is 36.4 Å². The van der Waals surface area contributed by atoms with Crippen LogP contribution in [0.25, 0.3) is 10.8 Å². The number of rotatable bonds is 11. The monoisotopic (exact) mass is 371 g/mol. The molecule has 0 aromatic heterocycles. The maximum Gasteiger partial charge on any atom is 0.217 e. The van der Waals surface area contributed by atoms with E-state index in [1.54, 1.807) is 0 Å². The van der Waals surface area contributed by atoms with Crippen LogP contribution in [0.3, 0.4) is 0 Å². The van der Waals surface area contributed by atoms with Crippen molar-refractivity contribution < 1.29 is 14.3 Å². The fourth-order valence-corrected chi connectivity index (χ4v) is 3.06. The zero-order valence-electron chi connectivity index (χ0n) is 15.8. The van der Waals surface area contributed by atoms with Gasteiger partial charge in [-0.25, -0.2) is 0 Å². The largest absolute Gasteiger partial charge is 0.372 e. The highest BCUT2D eigenvalue weighted by Gasteiger charge is 2.14. The Morgan fingerprint density at radius 3 is 2.52 bits per heavy atom.